The van der Waals surface area contributed by atoms with E-state index in [1.165, 1.54) is 0 Å². The quantitative estimate of drug-likeness (QED) is 0.0406. The molecule has 2 N–H and O–H groups in total. The van der Waals surface area contributed by atoms with Gasteiger partial charge in [-0.3, -0.25) is 20.2 Å². The lowest BCUT2D eigenvalue weighted by atomic mass is 10.1. The van der Waals surface area contributed by atoms with Crippen LogP contribution in [0.2, 0.25) is 0 Å². The van der Waals surface area contributed by atoms with E-state index in [0.717, 1.165) is 43.9 Å². The van der Waals surface area contributed by atoms with E-state index < -0.39 is 43.0 Å². The lowest BCUT2D eigenvalue weighted by molar-refractivity contribution is -0.163. The molecule has 0 aromatic heterocycles. The third-order valence-electron chi connectivity index (χ3n) is 7.52. The second-order valence-corrected chi connectivity index (χ2v) is 13.6. The van der Waals surface area contributed by atoms with Crippen molar-refractivity contribution >= 4 is 35.5 Å². The number of thioether (sulfide) groups is 2. The fourth-order valence-corrected chi connectivity index (χ4v) is 6.64. The molecule has 10 heteroatoms. The number of esters is 2. The summed E-state index contributed by atoms with van der Waals surface area (Å²) >= 11 is 3.40. The zero-order valence-corrected chi connectivity index (χ0v) is 30.1. The monoisotopic (exact) mass is 702 g/mol. The lowest BCUT2D eigenvalue weighted by Gasteiger charge is -2.26. The van der Waals surface area contributed by atoms with Crippen molar-refractivity contribution < 1.29 is 28.5 Å². The Morgan fingerprint density at radius 1 is 0.571 bits per heavy atom. The van der Waals surface area contributed by atoms with Gasteiger partial charge in [0, 0.05) is 22.6 Å². The molecular weight excluding hydrogens is 657 g/mol. The molecule has 4 aromatic carbocycles. The van der Waals surface area contributed by atoms with E-state index in [-0.39, 0.29) is 0 Å². The van der Waals surface area contributed by atoms with Crippen LogP contribution in [0, 0.1) is 0 Å². The van der Waals surface area contributed by atoms with Gasteiger partial charge in [-0.15, -0.1) is 23.5 Å². The first-order valence-electron chi connectivity index (χ1n) is 16.5. The second-order valence-electron chi connectivity index (χ2n) is 11.0. The van der Waals surface area contributed by atoms with E-state index in [1.54, 1.807) is 37.6 Å². The summed E-state index contributed by atoms with van der Waals surface area (Å²) in [6, 6.07) is 35.4. The Kier molecular flexibility index (Phi) is 15.9. The molecule has 0 radical (unpaired) electrons. The van der Waals surface area contributed by atoms with Crippen LogP contribution < -0.4 is 20.1 Å². The predicted octanol–water partition coefficient (Wildman–Crippen LogP) is 8.20. The third-order valence-corrected chi connectivity index (χ3v) is 9.39. The normalized spacial score (nSPS) is 13.5. The number of hydrogen-bond acceptors (Lipinski definition) is 10. The Hall–Kier alpha value is -3.96. The number of carbonyl (C=O) groups excluding carboxylic acids is 2. The number of ether oxygens (including phenoxy) is 4. The fraction of sp³-hybridized carbons (Fsp3) is 0.333. The zero-order valence-electron chi connectivity index (χ0n) is 28.5. The Labute approximate surface area is 298 Å². The first-order valence-corrected chi connectivity index (χ1v) is 18.5. The van der Waals surface area contributed by atoms with Crippen LogP contribution in [-0.4, -0.2) is 50.0 Å². The topological polar surface area (TPSA) is 95.1 Å². The minimum absolute atomic E-state index is 0.319. The van der Waals surface area contributed by atoms with Crippen LogP contribution in [0.3, 0.4) is 0 Å². The molecule has 0 aliphatic rings. The number of carbonyl (C=O) groups is 2. The van der Waals surface area contributed by atoms with E-state index in [1.807, 2.05) is 109 Å². The summed E-state index contributed by atoms with van der Waals surface area (Å²) in [6.07, 6.45) is -2.17. The molecule has 0 spiro atoms. The van der Waals surface area contributed by atoms with Crippen LogP contribution in [0.5, 0.6) is 11.5 Å². The van der Waals surface area contributed by atoms with Crippen molar-refractivity contribution in [1.82, 2.24) is 10.6 Å². The molecule has 0 fully saturated rings. The number of hydrogen-bond donors (Lipinski definition) is 2. The predicted molar refractivity (Wildman–Crippen MR) is 197 cm³/mol. The molecule has 0 aliphatic heterocycles. The van der Waals surface area contributed by atoms with Gasteiger partial charge < -0.3 is 18.9 Å². The van der Waals surface area contributed by atoms with Gasteiger partial charge in [-0.1, -0.05) is 98.8 Å². The van der Waals surface area contributed by atoms with Crippen molar-refractivity contribution in [1.29, 1.82) is 0 Å². The van der Waals surface area contributed by atoms with E-state index in [0.29, 0.717) is 12.8 Å². The average molecular weight is 703 g/mol. The Bertz CT molecular complexity index is 1460. The van der Waals surface area contributed by atoms with Gasteiger partial charge in [0.2, 0.25) is 0 Å². The van der Waals surface area contributed by atoms with Gasteiger partial charge in [0.25, 0.3) is 0 Å². The van der Waals surface area contributed by atoms with E-state index >= 15 is 0 Å². The Balaban J connectivity index is 1.39. The van der Waals surface area contributed by atoms with Gasteiger partial charge >= 0.3 is 11.9 Å². The summed E-state index contributed by atoms with van der Waals surface area (Å²) in [4.78, 5) is 28.1. The molecule has 0 saturated carbocycles. The van der Waals surface area contributed by atoms with Crippen molar-refractivity contribution in [3.63, 3.8) is 0 Å². The number of nitrogens with one attached hydrogen (secondary N) is 2. The van der Waals surface area contributed by atoms with Crippen LogP contribution >= 0.6 is 23.5 Å². The molecule has 0 amide bonds. The van der Waals surface area contributed by atoms with Crippen molar-refractivity contribution in [2.45, 2.75) is 67.6 Å². The molecule has 0 heterocycles. The third kappa shape index (κ3) is 12.1. The number of benzene rings is 4. The van der Waals surface area contributed by atoms with Gasteiger partial charge in [-0.25, -0.2) is 0 Å². The Morgan fingerprint density at radius 2 is 0.939 bits per heavy atom. The fourth-order valence-electron chi connectivity index (χ4n) is 5.15. The Morgan fingerprint density at radius 3 is 1.31 bits per heavy atom. The summed E-state index contributed by atoms with van der Waals surface area (Å²) < 4.78 is 24.5. The smallest absolute Gasteiger partial charge is 0.318 e. The van der Waals surface area contributed by atoms with Crippen LogP contribution in [0.15, 0.2) is 119 Å². The zero-order chi connectivity index (χ0) is 34.8. The molecule has 4 atom stereocenters. The maximum absolute atomic E-state index is 13.0. The van der Waals surface area contributed by atoms with Crippen LogP contribution in [0.4, 0.5) is 0 Å². The molecular formula is C39H46N2O6S2. The molecule has 49 heavy (non-hydrogen) atoms. The van der Waals surface area contributed by atoms with Crippen molar-refractivity contribution in [3.8, 4) is 11.5 Å². The van der Waals surface area contributed by atoms with E-state index in [2.05, 4.69) is 24.5 Å². The van der Waals surface area contributed by atoms with Gasteiger partial charge in [-0.2, -0.15) is 0 Å². The van der Waals surface area contributed by atoms with Crippen molar-refractivity contribution in [2.24, 2.45) is 0 Å². The molecule has 4 aromatic rings. The standard InChI is InChI=1S/C39H46N2O6S2/c1-5-48-34-23-15-13-21-30(34)44-32(28-17-9-7-10-18-28)25-36(40-3)46-38(42)27-39(43)47-37(41-4)26-33(29-19-11-8-12-20-29)45-31-22-14-16-24-35(31)49-6-2/h7-24,32-33,36-37,40-41H,5-6,25-27H2,1-4H3. The average Bonchev–Trinajstić information content (AvgIpc) is 3.12. The van der Waals surface area contributed by atoms with Gasteiger partial charge in [0.1, 0.15) is 30.1 Å². The second kappa shape index (κ2) is 20.5. The molecule has 4 unspecified atom stereocenters. The SMILES string of the molecule is CCSc1ccccc1OC(CC(NC)OC(=O)CC(=O)OC(CC(Oc1ccccc1SCC)c1ccccc1)NC)c1ccccc1. The highest BCUT2D eigenvalue weighted by Crippen LogP contribution is 2.35. The molecule has 260 valence electrons. The van der Waals surface area contributed by atoms with E-state index in [9.17, 15) is 9.59 Å². The molecule has 4 rings (SSSR count). The highest BCUT2D eigenvalue weighted by molar-refractivity contribution is 7.99. The number of para-hydroxylation sites is 2. The minimum atomic E-state index is -0.714. The van der Waals surface area contributed by atoms with Crippen LogP contribution in [0.25, 0.3) is 0 Å². The largest absolute Gasteiger partial charge is 0.484 e. The first kappa shape index (κ1) is 37.9. The summed E-state index contributed by atoms with van der Waals surface area (Å²) in [5, 5.41) is 6.11. The number of rotatable bonds is 20. The minimum Gasteiger partial charge on any atom is -0.484 e. The molecule has 0 aliphatic carbocycles. The van der Waals surface area contributed by atoms with Crippen molar-refractivity contribution in [3.05, 3.63) is 120 Å². The maximum Gasteiger partial charge on any atom is 0.318 e. The highest BCUT2D eigenvalue weighted by Gasteiger charge is 2.27. The summed E-state index contributed by atoms with van der Waals surface area (Å²) in [5.41, 5.74) is 1.88. The van der Waals surface area contributed by atoms with Crippen molar-refractivity contribution in [2.75, 3.05) is 25.6 Å². The first-order chi connectivity index (χ1) is 23.9. The highest BCUT2D eigenvalue weighted by atomic mass is 32.2. The molecule has 8 nitrogen and oxygen atoms in total. The van der Waals surface area contributed by atoms with Crippen LogP contribution in [-0.2, 0) is 19.1 Å². The van der Waals surface area contributed by atoms with Gasteiger partial charge in [0.05, 0.1) is 0 Å². The lowest BCUT2D eigenvalue weighted by Crippen LogP contribution is -2.36. The van der Waals surface area contributed by atoms with E-state index in [4.69, 9.17) is 18.9 Å². The summed E-state index contributed by atoms with van der Waals surface area (Å²) in [5.74, 6) is 1.93. The van der Waals surface area contributed by atoms with Crippen LogP contribution in [0.1, 0.15) is 56.4 Å². The molecule has 0 saturated heterocycles. The van der Waals surface area contributed by atoms with Gasteiger partial charge in [0.15, 0.2) is 12.5 Å². The van der Waals surface area contributed by atoms with Gasteiger partial charge in [-0.05, 0) is 61.0 Å². The summed E-state index contributed by atoms with van der Waals surface area (Å²) in [7, 11) is 3.41. The molecule has 0 bridgehead atoms. The maximum atomic E-state index is 13.0. The summed E-state index contributed by atoms with van der Waals surface area (Å²) in [6.45, 7) is 4.19.